The second-order valence-corrected chi connectivity index (χ2v) is 5.58. The lowest BCUT2D eigenvalue weighted by molar-refractivity contribution is 0.269. The van der Waals surface area contributed by atoms with Gasteiger partial charge in [0.1, 0.15) is 6.61 Å². The second kappa shape index (κ2) is 8.05. The monoisotopic (exact) mass is 349 g/mol. The van der Waals surface area contributed by atoms with Gasteiger partial charge in [0.05, 0.1) is 6.61 Å². The number of benzene rings is 2. The van der Waals surface area contributed by atoms with Crippen LogP contribution in [0.4, 0.5) is 0 Å². The highest BCUT2D eigenvalue weighted by molar-refractivity contribution is 9.10. The van der Waals surface area contributed by atoms with Crippen LogP contribution in [0, 0.1) is 0 Å². The Labute approximate surface area is 134 Å². The lowest BCUT2D eigenvalue weighted by atomic mass is 10.2. The Morgan fingerprint density at radius 1 is 1.00 bits per heavy atom. The molecular formula is C17H20BrNO2. The minimum atomic E-state index is 0.519. The molecule has 0 aliphatic rings. The van der Waals surface area contributed by atoms with E-state index in [1.165, 1.54) is 5.56 Å². The van der Waals surface area contributed by atoms with E-state index in [2.05, 4.69) is 33.4 Å². The summed E-state index contributed by atoms with van der Waals surface area (Å²) >= 11 is 3.47. The summed E-state index contributed by atoms with van der Waals surface area (Å²) in [5.74, 6) is 1.57. The van der Waals surface area contributed by atoms with Gasteiger partial charge in [-0.2, -0.15) is 0 Å². The van der Waals surface area contributed by atoms with Crippen LogP contribution >= 0.6 is 15.9 Å². The summed E-state index contributed by atoms with van der Waals surface area (Å²) in [6, 6.07) is 14.1. The topological polar surface area (TPSA) is 30.5 Å². The molecular weight excluding hydrogens is 330 g/mol. The smallest absolute Gasteiger partial charge is 0.161 e. The molecule has 0 bridgehead atoms. The van der Waals surface area contributed by atoms with Crippen molar-refractivity contribution in [1.82, 2.24) is 5.32 Å². The summed E-state index contributed by atoms with van der Waals surface area (Å²) in [4.78, 5) is 0. The third-order valence-electron chi connectivity index (χ3n) is 2.97. The fourth-order valence-corrected chi connectivity index (χ4v) is 2.49. The SMILES string of the molecule is CCOc1cc(CNC)ccc1OCc1cccc(Br)c1. The molecule has 0 aromatic heterocycles. The first-order chi connectivity index (χ1) is 10.2. The number of ether oxygens (including phenoxy) is 2. The Morgan fingerprint density at radius 3 is 2.57 bits per heavy atom. The number of rotatable bonds is 7. The van der Waals surface area contributed by atoms with Crippen LogP contribution in [0.15, 0.2) is 46.9 Å². The van der Waals surface area contributed by atoms with E-state index in [9.17, 15) is 0 Å². The lowest BCUT2D eigenvalue weighted by Gasteiger charge is -2.13. The van der Waals surface area contributed by atoms with Crippen LogP contribution in [0.5, 0.6) is 11.5 Å². The van der Waals surface area contributed by atoms with Crippen molar-refractivity contribution in [2.45, 2.75) is 20.1 Å². The van der Waals surface area contributed by atoms with E-state index in [1.807, 2.05) is 44.3 Å². The molecule has 0 unspecified atom stereocenters. The number of nitrogens with one attached hydrogen (secondary N) is 1. The predicted octanol–water partition coefficient (Wildman–Crippen LogP) is 4.15. The van der Waals surface area contributed by atoms with Gasteiger partial charge in [-0.1, -0.05) is 34.1 Å². The maximum Gasteiger partial charge on any atom is 0.161 e. The molecule has 0 fully saturated rings. The van der Waals surface area contributed by atoms with E-state index in [-0.39, 0.29) is 0 Å². The molecule has 0 spiro atoms. The third-order valence-corrected chi connectivity index (χ3v) is 3.47. The van der Waals surface area contributed by atoms with E-state index in [0.717, 1.165) is 28.1 Å². The molecule has 0 aliphatic carbocycles. The highest BCUT2D eigenvalue weighted by Gasteiger charge is 2.07. The van der Waals surface area contributed by atoms with Crippen molar-refractivity contribution in [2.24, 2.45) is 0 Å². The molecule has 2 aromatic rings. The van der Waals surface area contributed by atoms with E-state index in [0.29, 0.717) is 13.2 Å². The molecule has 4 heteroatoms. The van der Waals surface area contributed by atoms with Gasteiger partial charge < -0.3 is 14.8 Å². The fraction of sp³-hybridized carbons (Fsp3) is 0.294. The number of hydrogen-bond acceptors (Lipinski definition) is 3. The Bertz CT molecular complexity index is 587. The molecule has 0 amide bonds. The number of hydrogen-bond donors (Lipinski definition) is 1. The van der Waals surface area contributed by atoms with Crippen LogP contribution in [0.3, 0.4) is 0 Å². The zero-order valence-corrected chi connectivity index (χ0v) is 13.9. The average molecular weight is 350 g/mol. The Hall–Kier alpha value is -1.52. The molecule has 112 valence electrons. The molecule has 0 saturated carbocycles. The van der Waals surface area contributed by atoms with Crippen molar-refractivity contribution < 1.29 is 9.47 Å². The molecule has 3 nitrogen and oxygen atoms in total. The summed E-state index contributed by atoms with van der Waals surface area (Å²) in [7, 11) is 1.93. The Kier molecular flexibility index (Phi) is 6.08. The highest BCUT2D eigenvalue weighted by Crippen LogP contribution is 2.29. The third kappa shape index (κ3) is 4.76. The largest absolute Gasteiger partial charge is 0.490 e. The fourth-order valence-electron chi connectivity index (χ4n) is 2.04. The van der Waals surface area contributed by atoms with Gasteiger partial charge in [0.15, 0.2) is 11.5 Å². The van der Waals surface area contributed by atoms with Gasteiger partial charge >= 0.3 is 0 Å². The van der Waals surface area contributed by atoms with Gasteiger partial charge in [0.2, 0.25) is 0 Å². The molecule has 0 heterocycles. The maximum absolute atomic E-state index is 5.90. The standard InChI is InChI=1S/C17H20BrNO2/c1-3-20-17-10-13(11-19-2)7-8-16(17)21-12-14-5-4-6-15(18)9-14/h4-10,19H,3,11-12H2,1-2H3. The summed E-state index contributed by atoms with van der Waals surface area (Å²) < 4.78 is 12.6. The zero-order chi connectivity index (χ0) is 15.1. The van der Waals surface area contributed by atoms with Gasteiger partial charge in [0.25, 0.3) is 0 Å². The van der Waals surface area contributed by atoms with E-state index in [4.69, 9.17) is 9.47 Å². The van der Waals surface area contributed by atoms with Crippen LogP contribution in [0.2, 0.25) is 0 Å². The van der Waals surface area contributed by atoms with Crippen molar-refractivity contribution in [3.63, 3.8) is 0 Å². The Morgan fingerprint density at radius 2 is 1.86 bits per heavy atom. The first kappa shape index (κ1) is 15.9. The van der Waals surface area contributed by atoms with Crippen LogP contribution in [0.1, 0.15) is 18.1 Å². The van der Waals surface area contributed by atoms with Crippen molar-refractivity contribution >= 4 is 15.9 Å². The Balaban J connectivity index is 2.11. The van der Waals surface area contributed by atoms with Crippen LogP contribution < -0.4 is 14.8 Å². The molecule has 0 aliphatic heterocycles. The van der Waals surface area contributed by atoms with Gasteiger partial charge in [-0.15, -0.1) is 0 Å². The van der Waals surface area contributed by atoms with Gasteiger partial charge in [-0.05, 0) is 49.4 Å². The average Bonchev–Trinajstić information content (AvgIpc) is 2.47. The van der Waals surface area contributed by atoms with Crippen molar-refractivity contribution in [1.29, 1.82) is 0 Å². The normalized spacial score (nSPS) is 10.4. The summed E-state index contributed by atoms with van der Waals surface area (Å²) in [6.07, 6.45) is 0. The van der Waals surface area contributed by atoms with Crippen molar-refractivity contribution in [2.75, 3.05) is 13.7 Å². The van der Waals surface area contributed by atoms with Gasteiger partial charge in [-0.25, -0.2) is 0 Å². The number of halogens is 1. The van der Waals surface area contributed by atoms with Crippen molar-refractivity contribution in [3.8, 4) is 11.5 Å². The zero-order valence-electron chi connectivity index (χ0n) is 12.4. The quantitative estimate of drug-likeness (QED) is 0.814. The van der Waals surface area contributed by atoms with E-state index in [1.54, 1.807) is 0 Å². The molecule has 21 heavy (non-hydrogen) atoms. The van der Waals surface area contributed by atoms with Gasteiger partial charge in [-0.3, -0.25) is 0 Å². The molecule has 0 saturated heterocycles. The summed E-state index contributed by atoms with van der Waals surface area (Å²) in [5.41, 5.74) is 2.29. The predicted molar refractivity (Wildman–Crippen MR) is 88.8 cm³/mol. The molecule has 2 rings (SSSR count). The molecule has 0 radical (unpaired) electrons. The minimum Gasteiger partial charge on any atom is -0.490 e. The first-order valence-corrected chi connectivity index (χ1v) is 7.79. The van der Waals surface area contributed by atoms with Crippen LogP contribution in [-0.4, -0.2) is 13.7 Å². The van der Waals surface area contributed by atoms with E-state index < -0.39 is 0 Å². The van der Waals surface area contributed by atoms with Crippen molar-refractivity contribution in [3.05, 3.63) is 58.1 Å². The van der Waals surface area contributed by atoms with Gasteiger partial charge in [0, 0.05) is 11.0 Å². The highest BCUT2D eigenvalue weighted by atomic mass is 79.9. The van der Waals surface area contributed by atoms with Crippen LogP contribution in [0.25, 0.3) is 0 Å². The van der Waals surface area contributed by atoms with E-state index >= 15 is 0 Å². The first-order valence-electron chi connectivity index (χ1n) is 7.00. The summed E-state index contributed by atoms with van der Waals surface area (Å²) in [5, 5.41) is 3.14. The lowest BCUT2D eigenvalue weighted by Crippen LogP contribution is -2.06. The molecule has 0 atom stereocenters. The summed E-state index contributed by atoms with van der Waals surface area (Å²) in [6.45, 7) is 3.93. The minimum absolute atomic E-state index is 0.519. The second-order valence-electron chi connectivity index (χ2n) is 4.66. The maximum atomic E-state index is 5.90. The van der Waals surface area contributed by atoms with Crippen LogP contribution in [-0.2, 0) is 13.2 Å². The molecule has 2 aromatic carbocycles. The molecule has 1 N–H and O–H groups in total.